The predicted octanol–water partition coefficient (Wildman–Crippen LogP) is 6.68. The summed E-state index contributed by atoms with van der Waals surface area (Å²) in [5.74, 6) is -1.32. The molecule has 334 valence electrons. The van der Waals surface area contributed by atoms with Crippen molar-refractivity contribution < 1.29 is 59.2 Å². The van der Waals surface area contributed by atoms with Crippen LogP contribution in [0.1, 0.15) is 130 Å². The lowest BCUT2D eigenvalue weighted by atomic mass is 9.42. The average molecular weight is 855 g/mol. The van der Waals surface area contributed by atoms with E-state index in [2.05, 4.69) is 6.08 Å². The summed E-state index contributed by atoms with van der Waals surface area (Å²) in [6.07, 6.45) is 9.42. The van der Waals surface area contributed by atoms with Crippen LogP contribution in [0.3, 0.4) is 0 Å². The molecule has 62 heavy (non-hydrogen) atoms. The summed E-state index contributed by atoms with van der Waals surface area (Å²) in [7, 11) is 0. The number of benzene rings is 2. The molecule has 3 saturated heterocycles. The Morgan fingerprint density at radius 3 is 2.53 bits per heavy atom. The summed E-state index contributed by atoms with van der Waals surface area (Å²) in [4.78, 5) is 25.0. The first-order chi connectivity index (χ1) is 29.7. The lowest BCUT2D eigenvalue weighted by Gasteiger charge is -2.64. The number of carboxylic acid groups (broad SMARTS) is 1. The van der Waals surface area contributed by atoms with Gasteiger partial charge in [-0.1, -0.05) is 25.0 Å². The maximum absolute atomic E-state index is 12.8. The molecule has 7 fully saturated rings. The van der Waals surface area contributed by atoms with Gasteiger partial charge in [0.1, 0.15) is 35.4 Å². The van der Waals surface area contributed by atoms with Crippen molar-refractivity contribution in [2.24, 2.45) is 39.9 Å². The Labute approximate surface area is 362 Å². The molecule has 12 nitrogen and oxygen atoms in total. The van der Waals surface area contributed by atoms with Crippen LogP contribution in [0.15, 0.2) is 41.0 Å². The molecule has 0 amide bonds. The monoisotopic (exact) mass is 854 g/mol. The lowest BCUT2D eigenvalue weighted by molar-refractivity contribution is -0.336. The highest BCUT2D eigenvalue weighted by atomic mass is 16.7. The molecule has 2 aromatic carbocycles. The van der Waals surface area contributed by atoms with Crippen LogP contribution in [-0.4, -0.2) is 105 Å². The topological polar surface area (TPSA) is 192 Å². The summed E-state index contributed by atoms with van der Waals surface area (Å²) in [6, 6.07) is 4.21. The number of aliphatic hydroxyl groups is 4. The van der Waals surface area contributed by atoms with Gasteiger partial charge in [0, 0.05) is 18.6 Å². The second-order valence-electron chi connectivity index (χ2n) is 21.3. The number of aromatic carboxylic acids is 1. The molecule has 4 aliphatic heterocycles. The van der Waals surface area contributed by atoms with Gasteiger partial charge in [-0.15, -0.1) is 0 Å². The summed E-state index contributed by atoms with van der Waals surface area (Å²) < 4.78 is 27.0. The van der Waals surface area contributed by atoms with Crippen molar-refractivity contribution in [2.45, 2.75) is 153 Å². The molecule has 12 heteroatoms. The minimum absolute atomic E-state index is 0.0361. The molecule has 5 aliphatic carbocycles. The van der Waals surface area contributed by atoms with Crippen LogP contribution in [0.4, 0.5) is 0 Å². The molecule has 2 aromatic rings. The second-order valence-corrected chi connectivity index (χ2v) is 21.3. The van der Waals surface area contributed by atoms with Gasteiger partial charge in [-0.05, 0) is 172 Å². The van der Waals surface area contributed by atoms with Crippen molar-refractivity contribution in [3.8, 4) is 11.5 Å². The smallest absolute Gasteiger partial charge is 0.335 e. The van der Waals surface area contributed by atoms with Crippen LogP contribution >= 0.6 is 0 Å². The highest BCUT2D eigenvalue weighted by Gasteiger charge is 2.69. The Kier molecular flexibility index (Phi) is 9.72. The number of allylic oxidation sites excluding steroid dienone is 2. The number of aromatic hydroxyl groups is 1. The Hall–Kier alpha value is -3.36. The van der Waals surface area contributed by atoms with Crippen LogP contribution in [-0.2, 0) is 14.2 Å². The third-order valence-corrected chi connectivity index (χ3v) is 18.1. The van der Waals surface area contributed by atoms with Gasteiger partial charge in [0.25, 0.3) is 0 Å². The largest absolute Gasteiger partial charge is 0.506 e. The molecule has 4 saturated carbocycles. The van der Waals surface area contributed by atoms with E-state index in [9.17, 15) is 40.2 Å². The molecule has 3 spiro atoms. The first-order valence-electron chi connectivity index (χ1n) is 23.4. The normalized spacial score (nSPS) is 41.4. The number of aliphatic hydroxyl groups excluding tert-OH is 4. The number of ketones is 1. The number of phenolic OH excluding ortho intramolecular Hbond substituents is 1. The highest BCUT2D eigenvalue weighted by molar-refractivity contribution is 6.08. The van der Waals surface area contributed by atoms with Crippen molar-refractivity contribution in [1.82, 2.24) is 0 Å². The van der Waals surface area contributed by atoms with Crippen molar-refractivity contribution in [3.05, 3.63) is 57.7 Å². The molecular weight excluding hydrogens is 793 g/mol. The SMILES string of the molecule is CC(=O)c1c(C)cc2cc(C(=O)O)cc(O[C@@H]3O[C@@H]4[C@@H](O)CC[C@H]5O[C@@]4(C[C@@H]4C6=C5CC=C6[C@]5(CCCO)COC[C@H]6C[C@]7(CCC8(CCCC8)C7)C[C@@H]4[C@@H]65)[C@H](O)[C@H]3O)c2c1O. The quantitative estimate of drug-likeness (QED) is 0.162. The predicted molar refractivity (Wildman–Crippen MR) is 226 cm³/mol. The zero-order valence-electron chi connectivity index (χ0n) is 35.9. The summed E-state index contributed by atoms with van der Waals surface area (Å²) in [5, 5.41) is 69.4. The third kappa shape index (κ3) is 5.88. The van der Waals surface area contributed by atoms with Crippen LogP contribution in [0.5, 0.6) is 11.5 Å². The zero-order valence-corrected chi connectivity index (χ0v) is 35.9. The Morgan fingerprint density at radius 1 is 0.984 bits per heavy atom. The van der Waals surface area contributed by atoms with Crippen molar-refractivity contribution in [1.29, 1.82) is 0 Å². The van der Waals surface area contributed by atoms with Crippen LogP contribution < -0.4 is 4.74 Å². The standard InChI is InChI=1S/C50H62O12/c1-25-16-27-17-28(45(57)58)18-36(38(27)41(54)37(25)26(2)52)60-46-42(55)43(56)50-21-31-32-20-48(14-13-47(23-48)10-3-4-11-47)19-29-22-59-24-49(40(29)32,12-5-15-51)33-7-6-30(39(31)33)35(62-50)9-8-34(53)44(50)61-46/h7,16-18,29,31-32,34-35,40,42-44,46,51,53-56H,3-6,8-15,19-24H2,1-2H3,(H,57,58)/t29-,31+,32+,34+,35-,40-,42-,43-,44-,46-,48-,49+,50+/m1/s1. The fraction of sp³-hybridized carbons (Fsp3) is 0.680. The number of aryl methyl sites for hydroxylation is 1. The fourth-order valence-electron chi connectivity index (χ4n) is 16.0. The first-order valence-corrected chi connectivity index (χ1v) is 23.4. The van der Waals surface area contributed by atoms with E-state index in [1.54, 1.807) is 13.0 Å². The molecule has 11 rings (SSSR count). The Balaban J connectivity index is 1.00. The number of carbonyl (C=O) groups is 2. The van der Waals surface area contributed by atoms with Gasteiger partial charge in [-0.25, -0.2) is 4.79 Å². The first kappa shape index (κ1) is 41.4. The average Bonchev–Trinajstić information content (AvgIpc) is 3.94. The van der Waals surface area contributed by atoms with Crippen molar-refractivity contribution in [3.63, 3.8) is 0 Å². The highest BCUT2D eigenvalue weighted by Crippen LogP contribution is 2.73. The number of hydrogen-bond acceptors (Lipinski definition) is 11. The van der Waals surface area contributed by atoms with Crippen LogP contribution in [0, 0.1) is 46.8 Å². The van der Waals surface area contributed by atoms with E-state index < -0.39 is 54.2 Å². The van der Waals surface area contributed by atoms with Gasteiger partial charge in [0.05, 0.1) is 35.3 Å². The summed E-state index contributed by atoms with van der Waals surface area (Å²) in [5.41, 5.74) is 3.06. The molecule has 4 heterocycles. The van der Waals surface area contributed by atoms with Crippen molar-refractivity contribution >= 4 is 22.5 Å². The fourth-order valence-corrected chi connectivity index (χ4v) is 16.0. The van der Waals surface area contributed by atoms with Crippen molar-refractivity contribution in [2.75, 3.05) is 19.8 Å². The van der Waals surface area contributed by atoms with Crippen LogP contribution in [0.2, 0.25) is 0 Å². The van der Waals surface area contributed by atoms with E-state index in [0.717, 1.165) is 25.9 Å². The lowest BCUT2D eigenvalue weighted by Crippen LogP contribution is -2.71. The van der Waals surface area contributed by atoms with E-state index in [1.807, 2.05) is 0 Å². The van der Waals surface area contributed by atoms with E-state index in [-0.39, 0.29) is 57.3 Å². The number of hydrogen-bond donors (Lipinski definition) is 6. The van der Waals surface area contributed by atoms with Gasteiger partial charge in [0.2, 0.25) is 6.29 Å². The molecule has 0 unspecified atom stereocenters. The number of ether oxygens (including phenoxy) is 4. The number of fused-ring (bicyclic) bond motifs is 5. The zero-order chi connectivity index (χ0) is 43.1. The summed E-state index contributed by atoms with van der Waals surface area (Å²) in [6.45, 7) is 4.45. The van der Waals surface area contributed by atoms with Gasteiger partial charge < -0.3 is 49.6 Å². The molecule has 6 N–H and O–H groups in total. The molecule has 2 bridgehead atoms. The van der Waals surface area contributed by atoms with Gasteiger partial charge in [0.15, 0.2) is 5.78 Å². The summed E-state index contributed by atoms with van der Waals surface area (Å²) >= 11 is 0. The van der Waals surface area contributed by atoms with E-state index in [1.165, 1.54) is 80.7 Å². The molecule has 9 aliphatic rings. The Bertz CT molecular complexity index is 2280. The van der Waals surface area contributed by atoms with Gasteiger partial charge in [-0.3, -0.25) is 4.79 Å². The number of phenols is 1. The molecule has 0 radical (unpaired) electrons. The van der Waals surface area contributed by atoms with Gasteiger partial charge >= 0.3 is 5.97 Å². The van der Waals surface area contributed by atoms with E-state index in [4.69, 9.17) is 18.9 Å². The maximum Gasteiger partial charge on any atom is 0.335 e. The number of carboxylic acids is 1. The molecule has 0 aromatic heterocycles. The van der Waals surface area contributed by atoms with Crippen LogP contribution in [0.25, 0.3) is 10.8 Å². The number of Topliss-reactive ketones (excluding diaryl/α,β-unsaturated/α-hetero) is 1. The second kappa shape index (κ2) is 14.6. The maximum atomic E-state index is 12.8. The van der Waals surface area contributed by atoms with Gasteiger partial charge in [-0.2, -0.15) is 0 Å². The molecular formula is C50H62O12. The van der Waals surface area contributed by atoms with E-state index in [0.29, 0.717) is 66.9 Å². The minimum Gasteiger partial charge on any atom is -0.506 e. The number of carbonyl (C=O) groups excluding carboxylic acids is 1. The number of rotatable bonds is 7. The minimum atomic E-state index is -1.71. The third-order valence-electron chi connectivity index (χ3n) is 18.1. The van der Waals surface area contributed by atoms with E-state index >= 15 is 0 Å². The molecule has 13 atom stereocenters. The Morgan fingerprint density at radius 2 is 1.77 bits per heavy atom.